The summed E-state index contributed by atoms with van der Waals surface area (Å²) in [6, 6.07) is 7.47. The number of rotatable bonds is 5. The third-order valence-corrected chi connectivity index (χ3v) is 5.23. The molecule has 0 aliphatic heterocycles. The number of amides is 2. The molecule has 0 unspecified atom stereocenters. The Bertz CT molecular complexity index is 856. The van der Waals surface area contributed by atoms with E-state index in [-0.39, 0.29) is 35.2 Å². The van der Waals surface area contributed by atoms with Gasteiger partial charge in [-0.1, -0.05) is 19.1 Å². The summed E-state index contributed by atoms with van der Waals surface area (Å²) in [7, 11) is 1.48. The van der Waals surface area contributed by atoms with Crippen LogP contribution in [-0.4, -0.2) is 36.1 Å². The molecule has 6 nitrogen and oxygen atoms in total. The maximum Gasteiger partial charge on any atom is 0.286 e. The van der Waals surface area contributed by atoms with Gasteiger partial charge < -0.3 is 20.2 Å². The number of nitrogens with one attached hydrogen (secondary N) is 2. The number of carbonyl (C=O) groups excluding carboxylic acids is 2. The van der Waals surface area contributed by atoms with Crippen molar-refractivity contribution in [3.05, 3.63) is 58.8 Å². The zero-order valence-corrected chi connectivity index (χ0v) is 16.0. The lowest BCUT2D eigenvalue weighted by Crippen LogP contribution is -2.38. The van der Waals surface area contributed by atoms with Gasteiger partial charge in [0, 0.05) is 25.1 Å². The minimum atomic E-state index is -0.437. The van der Waals surface area contributed by atoms with Gasteiger partial charge in [0.15, 0.2) is 5.76 Å². The van der Waals surface area contributed by atoms with Crippen LogP contribution in [0.5, 0.6) is 0 Å². The molecule has 1 fully saturated rings. The summed E-state index contributed by atoms with van der Waals surface area (Å²) in [6.45, 7) is 1.80. The SMILES string of the molecule is CNC(=O)c1cc(C(=O)NC2CCC(O)CC2)c([C@@H](C)c2cccc(F)c2)o1. The van der Waals surface area contributed by atoms with Gasteiger partial charge >= 0.3 is 0 Å². The molecule has 3 rings (SSSR count). The van der Waals surface area contributed by atoms with E-state index in [1.54, 1.807) is 19.1 Å². The van der Waals surface area contributed by atoms with Crippen molar-refractivity contribution in [2.75, 3.05) is 7.05 Å². The number of benzene rings is 1. The summed E-state index contributed by atoms with van der Waals surface area (Å²) in [4.78, 5) is 24.9. The first kappa shape index (κ1) is 20.1. The summed E-state index contributed by atoms with van der Waals surface area (Å²) in [5.41, 5.74) is 0.911. The molecule has 0 radical (unpaired) electrons. The molecule has 0 spiro atoms. The fourth-order valence-electron chi connectivity index (χ4n) is 3.55. The minimum Gasteiger partial charge on any atom is -0.454 e. The summed E-state index contributed by atoms with van der Waals surface area (Å²) in [5, 5.41) is 15.1. The van der Waals surface area contributed by atoms with E-state index >= 15 is 0 Å². The fraction of sp³-hybridized carbons (Fsp3) is 0.429. The Kier molecular flexibility index (Phi) is 6.14. The first-order valence-corrected chi connectivity index (χ1v) is 9.49. The smallest absolute Gasteiger partial charge is 0.286 e. The summed E-state index contributed by atoms with van der Waals surface area (Å²) < 4.78 is 19.4. The molecule has 0 bridgehead atoms. The van der Waals surface area contributed by atoms with E-state index in [2.05, 4.69) is 10.6 Å². The van der Waals surface area contributed by atoms with Gasteiger partial charge in [-0.3, -0.25) is 9.59 Å². The monoisotopic (exact) mass is 388 g/mol. The third-order valence-electron chi connectivity index (χ3n) is 5.23. The maximum atomic E-state index is 13.6. The van der Waals surface area contributed by atoms with Crippen molar-refractivity contribution in [1.82, 2.24) is 10.6 Å². The van der Waals surface area contributed by atoms with Crippen molar-refractivity contribution in [2.24, 2.45) is 0 Å². The van der Waals surface area contributed by atoms with E-state index in [0.29, 0.717) is 37.0 Å². The molecule has 7 heteroatoms. The Morgan fingerprint density at radius 1 is 1.18 bits per heavy atom. The van der Waals surface area contributed by atoms with Gasteiger partial charge in [-0.25, -0.2) is 4.39 Å². The average molecular weight is 388 g/mol. The van der Waals surface area contributed by atoms with Gasteiger partial charge in [0.2, 0.25) is 0 Å². The lowest BCUT2D eigenvalue weighted by molar-refractivity contribution is 0.0864. The summed E-state index contributed by atoms with van der Waals surface area (Å²) in [6.07, 6.45) is 2.37. The molecule has 1 aliphatic carbocycles. The highest BCUT2D eigenvalue weighted by Gasteiger charge is 2.28. The number of carbonyl (C=O) groups is 2. The summed E-state index contributed by atoms with van der Waals surface area (Å²) >= 11 is 0. The third kappa shape index (κ3) is 4.42. The second-order valence-corrected chi connectivity index (χ2v) is 7.22. The average Bonchev–Trinajstić information content (AvgIpc) is 3.14. The van der Waals surface area contributed by atoms with E-state index in [0.717, 1.165) is 0 Å². The van der Waals surface area contributed by atoms with E-state index < -0.39 is 11.8 Å². The normalized spacial score (nSPS) is 20.4. The molecule has 1 atom stereocenters. The van der Waals surface area contributed by atoms with E-state index in [1.165, 1.54) is 25.2 Å². The van der Waals surface area contributed by atoms with Gasteiger partial charge in [0.05, 0.1) is 11.7 Å². The zero-order valence-electron chi connectivity index (χ0n) is 16.0. The molecule has 1 aromatic heterocycles. The quantitative estimate of drug-likeness (QED) is 0.734. The van der Waals surface area contributed by atoms with Crippen molar-refractivity contribution in [1.29, 1.82) is 0 Å². The van der Waals surface area contributed by atoms with E-state index in [1.807, 2.05) is 0 Å². The van der Waals surface area contributed by atoms with Crippen LogP contribution in [-0.2, 0) is 0 Å². The topological polar surface area (TPSA) is 91.6 Å². The first-order chi connectivity index (χ1) is 13.4. The predicted octanol–water partition coefficient (Wildman–Crippen LogP) is 2.96. The Labute approximate surface area is 163 Å². The van der Waals surface area contributed by atoms with Crippen LogP contribution in [0.25, 0.3) is 0 Å². The number of furan rings is 1. The maximum absolute atomic E-state index is 13.6. The molecule has 2 amide bonds. The molecule has 28 heavy (non-hydrogen) atoms. The Balaban J connectivity index is 1.89. The Morgan fingerprint density at radius 2 is 1.89 bits per heavy atom. The largest absolute Gasteiger partial charge is 0.454 e. The van der Waals surface area contributed by atoms with Crippen LogP contribution in [0.15, 0.2) is 34.7 Å². The number of halogens is 1. The van der Waals surface area contributed by atoms with Crippen LogP contribution in [0, 0.1) is 5.82 Å². The zero-order chi connectivity index (χ0) is 20.3. The van der Waals surface area contributed by atoms with E-state index in [4.69, 9.17) is 4.42 Å². The van der Waals surface area contributed by atoms with Crippen molar-refractivity contribution in [3.63, 3.8) is 0 Å². The second-order valence-electron chi connectivity index (χ2n) is 7.22. The lowest BCUT2D eigenvalue weighted by Gasteiger charge is -2.26. The molecule has 2 aromatic rings. The van der Waals surface area contributed by atoms with Gasteiger partial charge in [0.1, 0.15) is 11.6 Å². The van der Waals surface area contributed by atoms with Gasteiger partial charge in [-0.2, -0.15) is 0 Å². The van der Waals surface area contributed by atoms with Gasteiger partial charge in [-0.05, 0) is 43.4 Å². The molecule has 1 heterocycles. The van der Waals surface area contributed by atoms with E-state index in [9.17, 15) is 19.1 Å². The number of aliphatic hydroxyl groups excluding tert-OH is 1. The number of hydrogen-bond donors (Lipinski definition) is 3. The molecule has 1 saturated carbocycles. The molecule has 0 saturated heterocycles. The first-order valence-electron chi connectivity index (χ1n) is 9.49. The number of aliphatic hydroxyl groups is 1. The molecule has 1 aromatic carbocycles. The van der Waals surface area contributed by atoms with Crippen LogP contribution in [0.1, 0.15) is 70.8 Å². The molecule has 1 aliphatic rings. The number of hydrogen-bond acceptors (Lipinski definition) is 4. The predicted molar refractivity (Wildman–Crippen MR) is 102 cm³/mol. The highest BCUT2D eigenvalue weighted by atomic mass is 19.1. The highest BCUT2D eigenvalue weighted by molar-refractivity contribution is 5.99. The van der Waals surface area contributed by atoms with Crippen molar-refractivity contribution >= 4 is 11.8 Å². The fourth-order valence-corrected chi connectivity index (χ4v) is 3.55. The Hall–Kier alpha value is -2.67. The highest BCUT2D eigenvalue weighted by Crippen LogP contribution is 2.30. The van der Waals surface area contributed by atoms with Crippen molar-refractivity contribution in [3.8, 4) is 0 Å². The van der Waals surface area contributed by atoms with Crippen LogP contribution < -0.4 is 10.6 Å². The van der Waals surface area contributed by atoms with Crippen LogP contribution >= 0.6 is 0 Å². The lowest BCUT2D eigenvalue weighted by atomic mass is 9.92. The van der Waals surface area contributed by atoms with Gasteiger partial charge in [-0.15, -0.1) is 0 Å². The molecular formula is C21H25FN2O4. The molecule has 3 N–H and O–H groups in total. The second kappa shape index (κ2) is 8.56. The van der Waals surface area contributed by atoms with Crippen LogP contribution in [0.3, 0.4) is 0 Å². The molecular weight excluding hydrogens is 363 g/mol. The summed E-state index contributed by atoms with van der Waals surface area (Å²) in [5.74, 6) is -1.22. The van der Waals surface area contributed by atoms with Gasteiger partial charge in [0.25, 0.3) is 11.8 Å². The Morgan fingerprint density at radius 3 is 2.54 bits per heavy atom. The standard InChI is InChI=1S/C21H25FN2O4/c1-12(13-4-3-5-14(22)10-13)19-17(11-18(28-19)21(27)23-2)20(26)24-15-6-8-16(25)9-7-15/h3-5,10-12,15-16,25H,6-9H2,1-2H3,(H,23,27)(H,24,26)/t12-,15?,16?/m0/s1. The van der Waals surface area contributed by atoms with Crippen LogP contribution in [0.4, 0.5) is 4.39 Å². The van der Waals surface area contributed by atoms with Crippen molar-refractivity contribution < 1.29 is 23.5 Å². The minimum absolute atomic E-state index is 0.0324. The van der Waals surface area contributed by atoms with Crippen LogP contribution in [0.2, 0.25) is 0 Å². The molecule has 150 valence electrons. The van der Waals surface area contributed by atoms with Crippen molar-refractivity contribution in [2.45, 2.75) is 50.7 Å².